The number of fused-ring (bicyclic) bond motifs is 2. The smallest absolute Gasteiger partial charge is 0.231 e. The van der Waals surface area contributed by atoms with E-state index in [9.17, 15) is 4.79 Å². The van der Waals surface area contributed by atoms with Crippen LogP contribution in [0.4, 0.5) is 5.69 Å². The number of ether oxygens (including phenoxy) is 2. The second-order valence-electron chi connectivity index (χ2n) is 6.54. The molecule has 126 valence electrons. The SMILES string of the molecule is O=C1CCCC2=C1C(c1ccccc1Cl)c1cc3c(cc1N2)OCO3. The molecule has 0 radical (unpaired) electrons. The van der Waals surface area contributed by atoms with E-state index in [-0.39, 0.29) is 18.5 Å². The van der Waals surface area contributed by atoms with Crippen molar-refractivity contribution in [1.29, 1.82) is 0 Å². The molecule has 1 aliphatic carbocycles. The summed E-state index contributed by atoms with van der Waals surface area (Å²) < 4.78 is 11.1. The summed E-state index contributed by atoms with van der Waals surface area (Å²) >= 11 is 6.51. The molecule has 4 nitrogen and oxygen atoms in total. The summed E-state index contributed by atoms with van der Waals surface area (Å²) in [6.45, 7) is 0.223. The molecule has 2 aliphatic heterocycles. The van der Waals surface area contributed by atoms with Crippen molar-refractivity contribution in [3.8, 4) is 11.5 Å². The normalized spacial score (nSPS) is 20.8. The van der Waals surface area contributed by atoms with Crippen LogP contribution in [0.25, 0.3) is 0 Å². The molecular formula is C20H16ClNO3. The summed E-state index contributed by atoms with van der Waals surface area (Å²) in [6.07, 6.45) is 2.33. The van der Waals surface area contributed by atoms with Gasteiger partial charge >= 0.3 is 0 Å². The van der Waals surface area contributed by atoms with Gasteiger partial charge in [0.15, 0.2) is 17.3 Å². The maximum atomic E-state index is 12.8. The second kappa shape index (κ2) is 5.53. The number of ketones is 1. The zero-order valence-electron chi connectivity index (χ0n) is 13.5. The van der Waals surface area contributed by atoms with Crippen LogP contribution >= 0.6 is 11.6 Å². The Labute approximate surface area is 150 Å². The molecule has 0 spiro atoms. The van der Waals surface area contributed by atoms with Crippen LogP contribution in [0.5, 0.6) is 11.5 Å². The van der Waals surface area contributed by atoms with Gasteiger partial charge in [0, 0.05) is 40.4 Å². The zero-order valence-corrected chi connectivity index (χ0v) is 14.2. The van der Waals surface area contributed by atoms with E-state index in [1.54, 1.807) is 0 Å². The highest BCUT2D eigenvalue weighted by Crippen LogP contribution is 2.50. The Morgan fingerprint density at radius 1 is 1.04 bits per heavy atom. The highest BCUT2D eigenvalue weighted by atomic mass is 35.5. The van der Waals surface area contributed by atoms with Crippen molar-refractivity contribution in [3.05, 3.63) is 63.8 Å². The third-order valence-corrected chi connectivity index (χ3v) is 5.45. The van der Waals surface area contributed by atoms with Gasteiger partial charge in [-0.1, -0.05) is 29.8 Å². The van der Waals surface area contributed by atoms with Gasteiger partial charge in [0.1, 0.15) is 0 Å². The molecule has 1 atom stereocenters. The van der Waals surface area contributed by atoms with Crippen LogP contribution in [-0.4, -0.2) is 12.6 Å². The molecule has 5 rings (SSSR count). The lowest BCUT2D eigenvalue weighted by Crippen LogP contribution is -2.27. The Hall–Kier alpha value is -2.46. The molecule has 2 aromatic rings. The molecule has 0 amide bonds. The van der Waals surface area contributed by atoms with E-state index in [1.165, 1.54) is 0 Å². The van der Waals surface area contributed by atoms with E-state index in [0.717, 1.165) is 46.7 Å². The van der Waals surface area contributed by atoms with Crippen molar-refractivity contribution in [2.45, 2.75) is 25.2 Å². The summed E-state index contributed by atoms with van der Waals surface area (Å²) in [5.74, 6) is 1.46. The van der Waals surface area contributed by atoms with E-state index in [1.807, 2.05) is 36.4 Å². The topological polar surface area (TPSA) is 47.6 Å². The van der Waals surface area contributed by atoms with Crippen LogP contribution in [0.1, 0.15) is 36.3 Å². The quantitative estimate of drug-likeness (QED) is 0.811. The number of carbonyl (C=O) groups excluding carboxylic acids is 1. The number of hydrogen-bond donors (Lipinski definition) is 1. The predicted molar refractivity (Wildman–Crippen MR) is 95.4 cm³/mol. The fourth-order valence-electron chi connectivity index (χ4n) is 3.98. The number of hydrogen-bond acceptors (Lipinski definition) is 4. The van der Waals surface area contributed by atoms with Gasteiger partial charge in [0.25, 0.3) is 0 Å². The molecule has 1 N–H and O–H groups in total. The van der Waals surface area contributed by atoms with Crippen molar-refractivity contribution < 1.29 is 14.3 Å². The molecule has 2 heterocycles. The van der Waals surface area contributed by atoms with Crippen molar-refractivity contribution in [2.75, 3.05) is 12.1 Å². The Bertz CT molecular complexity index is 935. The van der Waals surface area contributed by atoms with Gasteiger partial charge in [-0.3, -0.25) is 4.79 Å². The van der Waals surface area contributed by atoms with E-state index >= 15 is 0 Å². The van der Waals surface area contributed by atoms with Gasteiger partial charge < -0.3 is 14.8 Å². The number of benzene rings is 2. The maximum Gasteiger partial charge on any atom is 0.231 e. The summed E-state index contributed by atoms with van der Waals surface area (Å²) in [7, 11) is 0. The molecule has 3 aliphatic rings. The van der Waals surface area contributed by atoms with Crippen molar-refractivity contribution in [1.82, 2.24) is 0 Å². The van der Waals surface area contributed by atoms with E-state index in [0.29, 0.717) is 17.2 Å². The monoisotopic (exact) mass is 353 g/mol. The van der Waals surface area contributed by atoms with Gasteiger partial charge in [-0.2, -0.15) is 0 Å². The van der Waals surface area contributed by atoms with Crippen molar-refractivity contribution >= 4 is 23.1 Å². The maximum absolute atomic E-state index is 12.8. The highest BCUT2D eigenvalue weighted by Gasteiger charge is 2.37. The minimum absolute atomic E-state index is 0.178. The Morgan fingerprint density at radius 3 is 2.68 bits per heavy atom. The molecular weight excluding hydrogens is 338 g/mol. The van der Waals surface area contributed by atoms with Crippen LogP contribution in [-0.2, 0) is 4.79 Å². The predicted octanol–water partition coefficient (Wildman–Crippen LogP) is 4.63. The molecule has 0 saturated carbocycles. The number of Topliss-reactive ketones (excluding diaryl/α,β-unsaturated/α-hetero) is 1. The van der Waals surface area contributed by atoms with Gasteiger partial charge in [0.2, 0.25) is 6.79 Å². The minimum atomic E-state index is -0.178. The van der Waals surface area contributed by atoms with Crippen molar-refractivity contribution in [2.24, 2.45) is 0 Å². The summed E-state index contributed by atoms with van der Waals surface area (Å²) in [5, 5.41) is 4.13. The minimum Gasteiger partial charge on any atom is -0.454 e. The molecule has 0 aromatic heterocycles. The molecule has 0 fully saturated rings. The van der Waals surface area contributed by atoms with Crippen LogP contribution < -0.4 is 14.8 Å². The van der Waals surface area contributed by atoms with Crippen LogP contribution in [0.15, 0.2) is 47.7 Å². The van der Waals surface area contributed by atoms with E-state index in [2.05, 4.69) is 5.32 Å². The number of anilines is 1. The first-order valence-corrected chi connectivity index (χ1v) is 8.81. The summed E-state index contributed by atoms with van der Waals surface area (Å²) in [4.78, 5) is 12.8. The number of rotatable bonds is 1. The van der Waals surface area contributed by atoms with Gasteiger partial charge in [-0.15, -0.1) is 0 Å². The second-order valence-corrected chi connectivity index (χ2v) is 6.95. The Kier molecular flexibility index (Phi) is 3.28. The first-order chi connectivity index (χ1) is 12.2. The average molecular weight is 354 g/mol. The zero-order chi connectivity index (χ0) is 17.0. The molecule has 2 aromatic carbocycles. The average Bonchev–Trinajstić information content (AvgIpc) is 3.06. The number of halogens is 1. The summed E-state index contributed by atoms with van der Waals surface area (Å²) in [5.41, 5.74) is 4.76. The molecule has 1 unspecified atom stereocenters. The third-order valence-electron chi connectivity index (χ3n) is 5.10. The standard InChI is InChI=1S/C20H16ClNO3/c21-13-5-2-1-4-11(13)19-12-8-17-18(25-10-24-17)9-15(12)22-14-6-3-7-16(23)20(14)19/h1-2,4-5,8-9,19,22H,3,6-7,10H2. The molecule has 25 heavy (non-hydrogen) atoms. The van der Waals surface area contributed by atoms with E-state index in [4.69, 9.17) is 21.1 Å². The fraction of sp³-hybridized carbons (Fsp3) is 0.250. The fourth-order valence-corrected chi connectivity index (χ4v) is 4.23. The van der Waals surface area contributed by atoms with Gasteiger partial charge in [0.05, 0.1) is 0 Å². The molecule has 0 saturated heterocycles. The highest BCUT2D eigenvalue weighted by molar-refractivity contribution is 6.31. The first-order valence-electron chi connectivity index (χ1n) is 8.43. The lowest BCUT2D eigenvalue weighted by Gasteiger charge is -2.34. The lowest BCUT2D eigenvalue weighted by molar-refractivity contribution is -0.116. The van der Waals surface area contributed by atoms with Crippen LogP contribution in [0, 0.1) is 0 Å². The Morgan fingerprint density at radius 2 is 1.84 bits per heavy atom. The lowest BCUT2D eigenvalue weighted by atomic mass is 9.75. The Balaban J connectivity index is 1.77. The van der Waals surface area contributed by atoms with Crippen LogP contribution in [0.3, 0.4) is 0 Å². The molecule has 0 bridgehead atoms. The number of allylic oxidation sites excluding steroid dienone is 2. The van der Waals surface area contributed by atoms with E-state index < -0.39 is 0 Å². The number of carbonyl (C=O) groups is 1. The largest absolute Gasteiger partial charge is 0.454 e. The third kappa shape index (κ3) is 2.24. The number of nitrogens with one attached hydrogen (secondary N) is 1. The van der Waals surface area contributed by atoms with Gasteiger partial charge in [-0.25, -0.2) is 0 Å². The summed E-state index contributed by atoms with van der Waals surface area (Å²) in [6, 6.07) is 11.7. The van der Waals surface area contributed by atoms with Gasteiger partial charge in [-0.05, 0) is 36.1 Å². The van der Waals surface area contributed by atoms with Crippen LogP contribution in [0.2, 0.25) is 5.02 Å². The van der Waals surface area contributed by atoms with Crippen molar-refractivity contribution in [3.63, 3.8) is 0 Å². The molecule has 5 heteroatoms. The first kappa shape index (κ1) is 14.8.